The summed E-state index contributed by atoms with van der Waals surface area (Å²) in [5, 5.41) is 4.55. The Morgan fingerprint density at radius 1 is 1.04 bits per heavy atom. The molecule has 1 heterocycles. The molecule has 0 fully saturated rings. The average Bonchev–Trinajstić information content (AvgIpc) is 3.05. The van der Waals surface area contributed by atoms with Crippen LogP contribution < -0.4 is 5.32 Å². The van der Waals surface area contributed by atoms with Gasteiger partial charge in [-0.05, 0) is 35.7 Å². The van der Waals surface area contributed by atoms with Gasteiger partial charge in [0, 0.05) is 27.3 Å². The van der Waals surface area contributed by atoms with E-state index in [2.05, 4.69) is 5.32 Å². The number of halogens is 2. The minimum atomic E-state index is -0.731. The highest BCUT2D eigenvalue weighted by Gasteiger charge is 2.13. The van der Waals surface area contributed by atoms with Crippen molar-refractivity contribution in [1.82, 2.24) is 0 Å². The first-order valence-electron chi connectivity index (χ1n) is 7.13. The Hall–Kier alpha value is -2.18. The number of anilines is 1. The summed E-state index contributed by atoms with van der Waals surface area (Å²) >= 11 is 3.21. The third kappa shape index (κ3) is 4.21. The Morgan fingerprint density at radius 2 is 1.79 bits per heavy atom. The van der Waals surface area contributed by atoms with Crippen molar-refractivity contribution in [2.45, 2.75) is 10.6 Å². The van der Waals surface area contributed by atoms with Crippen LogP contribution in [0.1, 0.15) is 15.2 Å². The van der Waals surface area contributed by atoms with Crippen molar-refractivity contribution in [3.8, 4) is 0 Å². The number of amides is 1. The van der Waals surface area contributed by atoms with Crippen LogP contribution in [0.2, 0.25) is 0 Å². The third-order valence-corrected chi connectivity index (χ3v) is 5.38. The smallest absolute Gasteiger partial charge is 0.256 e. The van der Waals surface area contributed by atoms with E-state index in [4.69, 9.17) is 0 Å². The number of carbonyl (C=O) groups excluding carboxylic acids is 1. The van der Waals surface area contributed by atoms with Crippen molar-refractivity contribution >= 4 is 34.7 Å². The average molecular weight is 361 g/mol. The molecule has 0 aliphatic heterocycles. The highest BCUT2D eigenvalue weighted by Crippen LogP contribution is 2.28. The van der Waals surface area contributed by atoms with Crippen LogP contribution in [0.3, 0.4) is 0 Å². The number of thiophene rings is 1. The first-order valence-corrected chi connectivity index (χ1v) is 9.00. The van der Waals surface area contributed by atoms with Gasteiger partial charge in [0.25, 0.3) is 5.91 Å². The van der Waals surface area contributed by atoms with Gasteiger partial charge in [-0.25, -0.2) is 8.78 Å². The SMILES string of the molecule is O=C(Nc1cc(F)cc(F)c1)c1ccccc1SCc1cccs1. The second-order valence-corrected chi connectivity index (χ2v) is 7.03. The molecule has 0 atom stereocenters. The number of carbonyl (C=O) groups is 1. The first-order chi connectivity index (χ1) is 11.6. The lowest BCUT2D eigenvalue weighted by Gasteiger charge is -2.10. The summed E-state index contributed by atoms with van der Waals surface area (Å²) < 4.78 is 26.5. The van der Waals surface area contributed by atoms with Gasteiger partial charge < -0.3 is 5.32 Å². The molecular weight excluding hydrogens is 348 g/mol. The molecule has 2 nitrogen and oxygen atoms in total. The van der Waals surface area contributed by atoms with Crippen LogP contribution in [0.15, 0.2) is 64.9 Å². The van der Waals surface area contributed by atoms with Crippen LogP contribution in [0.4, 0.5) is 14.5 Å². The van der Waals surface area contributed by atoms with Crippen LogP contribution in [0.25, 0.3) is 0 Å². The molecule has 0 aliphatic rings. The Bertz CT molecular complexity index is 830. The monoisotopic (exact) mass is 361 g/mol. The molecule has 1 N–H and O–H groups in total. The van der Waals surface area contributed by atoms with E-state index in [-0.39, 0.29) is 5.69 Å². The summed E-state index contributed by atoms with van der Waals surface area (Å²) in [5.41, 5.74) is 0.569. The fraction of sp³-hybridized carbons (Fsp3) is 0.0556. The van der Waals surface area contributed by atoms with Gasteiger partial charge in [-0.1, -0.05) is 18.2 Å². The maximum Gasteiger partial charge on any atom is 0.256 e. The molecule has 0 spiro atoms. The quantitative estimate of drug-likeness (QED) is 0.602. The van der Waals surface area contributed by atoms with Crippen LogP contribution in [0, 0.1) is 11.6 Å². The van der Waals surface area contributed by atoms with Crippen molar-refractivity contribution in [3.05, 3.63) is 82.1 Å². The normalized spacial score (nSPS) is 10.6. The first kappa shape index (κ1) is 16.7. The molecule has 122 valence electrons. The molecule has 0 saturated carbocycles. The maximum atomic E-state index is 13.2. The number of rotatable bonds is 5. The van der Waals surface area contributed by atoms with Gasteiger partial charge in [-0.2, -0.15) is 0 Å². The van der Waals surface area contributed by atoms with Gasteiger partial charge >= 0.3 is 0 Å². The van der Waals surface area contributed by atoms with E-state index in [1.807, 2.05) is 29.6 Å². The molecule has 2 aromatic carbocycles. The van der Waals surface area contributed by atoms with Gasteiger partial charge in [0.1, 0.15) is 11.6 Å². The summed E-state index contributed by atoms with van der Waals surface area (Å²) in [6.07, 6.45) is 0. The second-order valence-electron chi connectivity index (χ2n) is 4.98. The van der Waals surface area contributed by atoms with E-state index in [9.17, 15) is 13.6 Å². The second kappa shape index (κ2) is 7.59. The standard InChI is InChI=1S/C18H13F2NOS2/c19-12-8-13(20)10-14(9-12)21-18(22)16-5-1-2-6-17(16)24-11-15-4-3-7-23-15/h1-10H,11H2,(H,21,22). The Morgan fingerprint density at radius 3 is 2.50 bits per heavy atom. The van der Waals surface area contributed by atoms with Crippen molar-refractivity contribution in [2.75, 3.05) is 5.32 Å². The molecule has 0 unspecified atom stereocenters. The van der Waals surface area contributed by atoms with Gasteiger partial charge in [-0.15, -0.1) is 23.1 Å². The topological polar surface area (TPSA) is 29.1 Å². The predicted molar refractivity (Wildman–Crippen MR) is 94.6 cm³/mol. The van der Waals surface area contributed by atoms with Crippen LogP contribution in [-0.4, -0.2) is 5.91 Å². The Kier molecular flexibility index (Phi) is 5.27. The summed E-state index contributed by atoms with van der Waals surface area (Å²) in [7, 11) is 0. The predicted octanol–water partition coefficient (Wildman–Crippen LogP) is 5.57. The summed E-state index contributed by atoms with van der Waals surface area (Å²) in [5.74, 6) is -1.10. The zero-order valence-electron chi connectivity index (χ0n) is 12.5. The number of hydrogen-bond acceptors (Lipinski definition) is 3. The summed E-state index contributed by atoms with van der Waals surface area (Å²) in [6.45, 7) is 0. The molecule has 0 bridgehead atoms. The summed E-state index contributed by atoms with van der Waals surface area (Å²) in [4.78, 5) is 14.5. The molecule has 0 saturated heterocycles. The zero-order valence-corrected chi connectivity index (χ0v) is 14.1. The van der Waals surface area contributed by atoms with Crippen LogP contribution in [-0.2, 0) is 5.75 Å². The highest BCUT2D eigenvalue weighted by molar-refractivity contribution is 7.98. The molecule has 24 heavy (non-hydrogen) atoms. The zero-order chi connectivity index (χ0) is 16.9. The van der Waals surface area contributed by atoms with Crippen LogP contribution in [0.5, 0.6) is 0 Å². The molecule has 3 rings (SSSR count). The lowest BCUT2D eigenvalue weighted by Crippen LogP contribution is -2.13. The fourth-order valence-electron chi connectivity index (χ4n) is 2.15. The van der Waals surface area contributed by atoms with Gasteiger partial charge in [-0.3, -0.25) is 4.79 Å². The molecular formula is C18H13F2NOS2. The van der Waals surface area contributed by atoms with E-state index >= 15 is 0 Å². The highest BCUT2D eigenvalue weighted by atomic mass is 32.2. The van der Waals surface area contributed by atoms with Gasteiger partial charge in [0.2, 0.25) is 0 Å². The Balaban J connectivity index is 1.76. The van der Waals surface area contributed by atoms with E-state index in [1.165, 1.54) is 4.88 Å². The van der Waals surface area contributed by atoms with E-state index in [0.29, 0.717) is 5.56 Å². The molecule has 1 amide bonds. The lowest BCUT2D eigenvalue weighted by atomic mass is 10.2. The van der Waals surface area contributed by atoms with Crippen molar-refractivity contribution in [2.24, 2.45) is 0 Å². The van der Waals surface area contributed by atoms with Gasteiger partial charge in [0.15, 0.2) is 0 Å². The van der Waals surface area contributed by atoms with Crippen LogP contribution >= 0.6 is 23.1 Å². The van der Waals surface area contributed by atoms with E-state index < -0.39 is 17.5 Å². The summed E-state index contributed by atoms with van der Waals surface area (Å²) in [6, 6.07) is 14.1. The van der Waals surface area contributed by atoms with Crippen molar-refractivity contribution in [1.29, 1.82) is 0 Å². The molecule has 6 heteroatoms. The van der Waals surface area contributed by atoms with E-state index in [1.54, 1.807) is 35.2 Å². The minimum Gasteiger partial charge on any atom is -0.322 e. The van der Waals surface area contributed by atoms with Gasteiger partial charge in [0.05, 0.1) is 5.56 Å². The lowest BCUT2D eigenvalue weighted by molar-refractivity contribution is 0.102. The number of benzene rings is 2. The van der Waals surface area contributed by atoms with Crippen molar-refractivity contribution in [3.63, 3.8) is 0 Å². The molecule has 0 radical (unpaired) electrons. The minimum absolute atomic E-state index is 0.0931. The third-order valence-electron chi connectivity index (χ3n) is 3.20. The fourth-order valence-corrected chi connectivity index (χ4v) is 3.97. The Labute approximate surface area is 146 Å². The maximum absolute atomic E-state index is 13.2. The molecule has 0 aliphatic carbocycles. The molecule has 3 aromatic rings. The van der Waals surface area contributed by atoms with Crippen molar-refractivity contribution < 1.29 is 13.6 Å². The number of nitrogens with one attached hydrogen (secondary N) is 1. The van der Waals surface area contributed by atoms with E-state index in [0.717, 1.165) is 28.8 Å². The number of hydrogen-bond donors (Lipinski definition) is 1. The largest absolute Gasteiger partial charge is 0.322 e. The molecule has 1 aromatic heterocycles. The number of thioether (sulfide) groups is 1.